The third kappa shape index (κ3) is 1.47. The predicted molar refractivity (Wildman–Crippen MR) is 88.7 cm³/mol. The summed E-state index contributed by atoms with van der Waals surface area (Å²) < 4.78 is 13.1. The van der Waals surface area contributed by atoms with E-state index in [0.29, 0.717) is 0 Å². The van der Waals surface area contributed by atoms with Crippen LogP contribution in [0.5, 0.6) is 0 Å². The molecule has 2 aromatic heterocycles. The van der Waals surface area contributed by atoms with Crippen molar-refractivity contribution in [3.63, 3.8) is 0 Å². The molecular formula is C18H9BrO2. The monoisotopic (exact) mass is 336 g/mol. The lowest BCUT2D eigenvalue weighted by atomic mass is 10.1. The Morgan fingerprint density at radius 3 is 2.05 bits per heavy atom. The van der Waals surface area contributed by atoms with Crippen LogP contribution in [-0.4, -0.2) is 0 Å². The Balaban J connectivity index is 2.06. The van der Waals surface area contributed by atoms with Crippen LogP contribution in [0, 0.1) is 0 Å². The minimum atomic E-state index is 0.816. The molecular weight excluding hydrogens is 328 g/mol. The molecule has 0 bridgehead atoms. The SMILES string of the molecule is Brc1ccc2c(c1)oc1c2ccc2c3ccccc3oc21. The Kier molecular flexibility index (Phi) is 2.11. The fourth-order valence-electron chi connectivity index (χ4n) is 2.99. The molecule has 0 amide bonds. The van der Waals surface area contributed by atoms with E-state index in [2.05, 4.69) is 40.2 Å². The second-order valence-electron chi connectivity index (χ2n) is 5.16. The van der Waals surface area contributed by atoms with Gasteiger partial charge in [0, 0.05) is 26.0 Å². The molecule has 0 unspecified atom stereocenters. The van der Waals surface area contributed by atoms with Crippen LogP contribution in [0.25, 0.3) is 43.9 Å². The van der Waals surface area contributed by atoms with Crippen LogP contribution in [0.15, 0.2) is 67.9 Å². The zero-order valence-electron chi connectivity index (χ0n) is 10.9. The highest BCUT2D eigenvalue weighted by Gasteiger charge is 2.15. The number of furan rings is 2. The summed E-state index contributed by atoms with van der Waals surface area (Å²) in [6.45, 7) is 0. The summed E-state index contributed by atoms with van der Waals surface area (Å²) in [7, 11) is 0. The Hall–Kier alpha value is -2.26. The van der Waals surface area contributed by atoms with E-state index in [4.69, 9.17) is 8.83 Å². The Labute approximate surface area is 128 Å². The van der Waals surface area contributed by atoms with E-state index in [1.165, 1.54) is 0 Å². The topological polar surface area (TPSA) is 26.3 Å². The minimum Gasteiger partial charge on any atom is -0.452 e. The standard InChI is InChI=1S/C18H9BrO2/c19-10-5-6-12-14-8-7-13-11-3-1-2-4-15(11)20-17(13)18(14)21-16(12)9-10/h1-9H. The van der Waals surface area contributed by atoms with Crippen LogP contribution >= 0.6 is 15.9 Å². The minimum absolute atomic E-state index is 0.816. The lowest BCUT2D eigenvalue weighted by Crippen LogP contribution is -1.68. The quantitative estimate of drug-likeness (QED) is 0.334. The van der Waals surface area contributed by atoms with Gasteiger partial charge in [0.2, 0.25) is 0 Å². The molecule has 100 valence electrons. The summed E-state index contributed by atoms with van der Waals surface area (Å²) in [5.41, 5.74) is 3.40. The van der Waals surface area contributed by atoms with Crippen LogP contribution in [0.1, 0.15) is 0 Å². The summed E-state index contributed by atoms with van der Waals surface area (Å²) in [4.78, 5) is 0. The highest BCUT2D eigenvalue weighted by Crippen LogP contribution is 2.38. The molecule has 0 atom stereocenters. The van der Waals surface area contributed by atoms with Crippen LogP contribution in [0.3, 0.4) is 0 Å². The van der Waals surface area contributed by atoms with Gasteiger partial charge < -0.3 is 8.83 Å². The van der Waals surface area contributed by atoms with Gasteiger partial charge in [-0.25, -0.2) is 0 Å². The first kappa shape index (κ1) is 11.4. The van der Waals surface area contributed by atoms with E-state index >= 15 is 0 Å². The molecule has 0 aliphatic carbocycles. The van der Waals surface area contributed by atoms with Crippen LogP contribution in [0.4, 0.5) is 0 Å². The van der Waals surface area contributed by atoms with Gasteiger partial charge in [0.1, 0.15) is 11.2 Å². The summed E-state index contributed by atoms with van der Waals surface area (Å²) in [6, 6.07) is 18.4. The Morgan fingerprint density at radius 1 is 0.619 bits per heavy atom. The van der Waals surface area contributed by atoms with Gasteiger partial charge in [-0.15, -0.1) is 0 Å². The third-order valence-electron chi connectivity index (χ3n) is 3.95. The molecule has 3 aromatic carbocycles. The molecule has 0 radical (unpaired) electrons. The number of hydrogen-bond donors (Lipinski definition) is 0. The number of hydrogen-bond acceptors (Lipinski definition) is 2. The average Bonchev–Trinajstić information content (AvgIpc) is 3.04. The van der Waals surface area contributed by atoms with Crippen molar-refractivity contribution in [2.75, 3.05) is 0 Å². The second kappa shape index (κ2) is 3.89. The van der Waals surface area contributed by atoms with E-state index in [9.17, 15) is 0 Å². The van der Waals surface area contributed by atoms with Crippen molar-refractivity contribution in [3.05, 3.63) is 59.1 Å². The molecule has 0 spiro atoms. The first-order valence-corrected chi connectivity index (χ1v) is 7.52. The van der Waals surface area contributed by atoms with Crippen LogP contribution in [0.2, 0.25) is 0 Å². The maximum atomic E-state index is 6.05. The van der Waals surface area contributed by atoms with Crippen molar-refractivity contribution in [1.29, 1.82) is 0 Å². The van der Waals surface area contributed by atoms with Crippen molar-refractivity contribution in [3.8, 4) is 0 Å². The Morgan fingerprint density at radius 2 is 1.24 bits per heavy atom. The van der Waals surface area contributed by atoms with Crippen molar-refractivity contribution < 1.29 is 8.83 Å². The molecule has 21 heavy (non-hydrogen) atoms. The first-order valence-electron chi connectivity index (χ1n) is 6.73. The van der Waals surface area contributed by atoms with Crippen molar-refractivity contribution in [2.45, 2.75) is 0 Å². The maximum Gasteiger partial charge on any atom is 0.178 e. The van der Waals surface area contributed by atoms with Gasteiger partial charge in [0.05, 0.1) is 0 Å². The zero-order valence-corrected chi connectivity index (χ0v) is 12.5. The highest BCUT2D eigenvalue weighted by molar-refractivity contribution is 9.10. The van der Waals surface area contributed by atoms with Gasteiger partial charge >= 0.3 is 0 Å². The normalized spacial score (nSPS) is 12.0. The van der Waals surface area contributed by atoms with E-state index in [0.717, 1.165) is 48.3 Å². The third-order valence-corrected chi connectivity index (χ3v) is 4.44. The molecule has 0 N–H and O–H groups in total. The summed E-state index contributed by atoms with van der Waals surface area (Å²) >= 11 is 3.48. The largest absolute Gasteiger partial charge is 0.452 e. The molecule has 0 fully saturated rings. The molecule has 2 nitrogen and oxygen atoms in total. The van der Waals surface area contributed by atoms with E-state index < -0.39 is 0 Å². The van der Waals surface area contributed by atoms with Gasteiger partial charge in [-0.05, 0) is 36.4 Å². The number of fused-ring (bicyclic) bond motifs is 7. The van der Waals surface area contributed by atoms with E-state index in [1.807, 2.05) is 30.3 Å². The molecule has 3 heteroatoms. The second-order valence-corrected chi connectivity index (χ2v) is 6.08. The molecule has 0 saturated heterocycles. The van der Waals surface area contributed by atoms with Gasteiger partial charge in [-0.2, -0.15) is 0 Å². The molecule has 2 heterocycles. The lowest BCUT2D eigenvalue weighted by Gasteiger charge is -1.91. The molecule has 5 rings (SSSR count). The van der Waals surface area contributed by atoms with Gasteiger partial charge in [-0.1, -0.05) is 34.1 Å². The van der Waals surface area contributed by atoms with E-state index in [1.54, 1.807) is 0 Å². The van der Waals surface area contributed by atoms with Crippen molar-refractivity contribution >= 4 is 59.8 Å². The summed E-state index contributed by atoms with van der Waals surface area (Å²) in [5, 5.41) is 4.41. The average molecular weight is 337 g/mol. The summed E-state index contributed by atoms with van der Waals surface area (Å²) in [5.74, 6) is 0. The van der Waals surface area contributed by atoms with Gasteiger partial charge in [0.25, 0.3) is 0 Å². The van der Waals surface area contributed by atoms with Gasteiger partial charge in [0.15, 0.2) is 11.2 Å². The highest BCUT2D eigenvalue weighted by atomic mass is 79.9. The number of benzene rings is 3. The molecule has 0 aliphatic heterocycles. The van der Waals surface area contributed by atoms with Crippen LogP contribution < -0.4 is 0 Å². The first-order chi connectivity index (χ1) is 10.3. The smallest absolute Gasteiger partial charge is 0.178 e. The Bertz CT molecular complexity index is 1150. The zero-order chi connectivity index (χ0) is 14.0. The molecule has 0 aliphatic rings. The van der Waals surface area contributed by atoms with Crippen LogP contribution in [-0.2, 0) is 0 Å². The number of halogens is 1. The predicted octanol–water partition coefficient (Wildman–Crippen LogP) is 6.25. The fraction of sp³-hybridized carbons (Fsp3) is 0. The van der Waals surface area contributed by atoms with Crippen molar-refractivity contribution in [1.82, 2.24) is 0 Å². The van der Waals surface area contributed by atoms with Crippen molar-refractivity contribution in [2.24, 2.45) is 0 Å². The van der Waals surface area contributed by atoms with E-state index in [-0.39, 0.29) is 0 Å². The maximum absolute atomic E-state index is 6.05. The summed E-state index contributed by atoms with van der Waals surface area (Å²) in [6.07, 6.45) is 0. The van der Waals surface area contributed by atoms with Gasteiger partial charge in [-0.3, -0.25) is 0 Å². The number of rotatable bonds is 0. The fourth-order valence-corrected chi connectivity index (χ4v) is 3.33. The number of para-hydroxylation sites is 1. The lowest BCUT2D eigenvalue weighted by molar-refractivity contribution is 0.633. The molecule has 0 saturated carbocycles. The molecule has 5 aromatic rings.